The molecule has 0 radical (unpaired) electrons. The lowest BCUT2D eigenvalue weighted by Gasteiger charge is -2.22. The number of ether oxygens (including phenoxy) is 1. The van der Waals surface area contributed by atoms with Crippen LogP contribution < -0.4 is 0 Å². The van der Waals surface area contributed by atoms with E-state index in [4.69, 9.17) is 9.84 Å². The van der Waals surface area contributed by atoms with E-state index in [0.29, 0.717) is 0 Å². The molecule has 7 nitrogen and oxygen atoms in total. The first kappa shape index (κ1) is 16.1. The van der Waals surface area contributed by atoms with Crippen LogP contribution in [-0.2, 0) is 19.1 Å². The molecule has 0 aromatic rings. The van der Waals surface area contributed by atoms with Crippen LogP contribution in [0.4, 0.5) is 0 Å². The highest BCUT2D eigenvalue weighted by atomic mass is 16.5. The molecule has 0 rings (SSSR count). The third kappa shape index (κ3) is 6.64. The average molecular weight is 258 g/mol. The Hall–Kier alpha value is -1.89. The van der Waals surface area contributed by atoms with Gasteiger partial charge in [-0.05, 0) is 0 Å². The number of hydrogen-bond donors (Lipinski definition) is 1. The number of nitrogens with zero attached hydrogens (tertiary/aromatic N) is 2. The molecule has 0 aliphatic rings. The molecule has 0 aromatic carbocycles. The van der Waals surface area contributed by atoms with Crippen LogP contribution in [0.25, 0.3) is 0 Å². The first-order chi connectivity index (χ1) is 8.38. The number of rotatable bonds is 7. The molecule has 0 unspecified atom stereocenters. The summed E-state index contributed by atoms with van der Waals surface area (Å²) < 4.78 is 4.83. The van der Waals surface area contributed by atoms with E-state index in [1.807, 2.05) is 0 Å². The monoisotopic (exact) mass is 258 g/mol. The van der Waals surface area contributed by atoms with Gasteiger partial charge in [0.2, 0.25) is 11.8 Å². The first-order valence-corrected chi connectivity index (χ1v) is 5.27. The summed E-state index contributed by atoms with van der Waals surface area (Å²) >= 11 is 0. The normalized spacial score (nSPS) is 10.4. The number of hydrogen-bond acceptors (Lipinski definition) is 4. The van der Waals surface area contributed by atoms with E-state index in [9.17, 15) is 14.4 Å². The summed E-state index contributed by atoms with van der Waals surface area (Å²) in [5.41, 5.74) is 0. The topological polar surface area (TPSA) is 87.2 Å². The summed E-state index contributed by atoms with van der Waals surface area (Å²) in [6, 6.07) is 0. The number of aliphatic carboxylic acids is 1. The number of carboxylic acids is 1. The van der Waals surface area contributed by atoms with Crippen molar-refractivity contribution in [1.82, 2.24) is 9.80 Å². The van der Waals surface area contributed by atoms with Crippen LogP contribution in [0.5, 0.6) is 0 Å². The fourth-order valence-electron chi connectivity index (χ4n) is 1.02. The molecule has 102 valence electrons. The number of carbonyl (C=O) groups excluding carboxylic acids is 2. The van der Waals surface area contributed by atoms with Gasteiger partial charge in [0.15, 0.2) is 0 Å². The molecule has 0 aliphatic carbocycles. The highest BCUT2D eigenvalue weighted by molar-refractivity contribution is 5.95. The fraction of sp³-hybridized carbons (Fsp3) is 0.545. The zero-order chi connectivity index (χ0) is 14.1. The van der Waals surface area contributed by atoms with Crippen LogP contribution in [0.1, 0.15) is 0 Å². The minimum Gasteiger partial charge on any atom is -0.478 e. The van der Waals surface area contributed by atoms with E-state index < -0.39 is 11.9 Å². The largest absolute Gasteiger partial charge is 0.478 e. The van der Waals surface area contributed by atoms with Gasteiger partial charge in [0.1, 0.15) is 6.54 Å². The maximum atomic E-state index is 11.7. The molecule has 0 aromatic heterocycles. The molecule has 18 heavy (non-hydrogen) atoms. The lowest BCUT2D eigenvalue weighted by Crippen LogP contribution is -2.41. The number of amides is 2. The van der Waals surface area contributed by atoms with Crippen molar-refractivity contribution in [3.05, 3.63) is 12.2 Å². The standard InChI is InChI=1S/C11H18N2O5/c1-12(2)10(15)8-13(6-7-18-3)9(14)4-5-11(16)17/h4-5H,6-8H2,1-3H3,(H,16,17)/b5-4+. The quantitative estimate of drug-likeness (QED) is 0.603. The zero-order valence-electron chi connectivity index (χ0n) is 10.8. The van der Waals surface area contributed by atoms with Gasteiger partial charge in [0, 0.05) is 39.9 Å². The molecular formula is C11H18N2O5. The molecule has 2 amide bonds. The first-order valence-electron chi connectivity index (χ1n) is 5.27. The predicted octanol–water partition coefficient (Wildman–Crippen LogP) is -0.810. The maximum Gasteiger partial charge on any atom is 0.328 e. The Morgan fingerprint density at radius 2 is 1.83 bits per heavy atom. The highest BCUT2D eigenvalue weighted by Crippen LogP contribution is 1.95. The number of likely N-dealkylation sites (N-methyl/N-ethyl adjacent to an activating group) is 1. The minimum absolute atomic E-state index is 0.112. The molecule has 0 atom stereocenters. The van der Waals surface area contributed by atoms with Gasteiger partial charge in [-0.1, -0.05) is 0 Å². The summed E-state index contributed by atoms with van der Waals surface area (Å²) in [7, 11) is 4.63. The summed E-state index contributed by atoms with van der Waals surface area (Å²) in [5, 5.41) is 8.43. The van der Waals surface area contributed by atoms with Crippen LogP contribution >= 0.6 is 0 Å². The molecular weight excluding hydrogens is 240 g/mol. The van der Waals surface area contributed by atoms with Crippen molar-refractivity contribution in [1.29, 1.82) is 0 Å². The van der Waals surface area contributed by atoms with E-state index in [1.54, 1.807) is 14.1 Å². The van der Waals surface area contributed by atoms with Crippen LogP contribution in [-0.4, -0.2) is 73.6 Å². The Morgan fingerprint density at radius 3 is 2.28 bits per heavy atom. The third-order valence-electron chi connectivity index (χ3n) is 2.07. The van der Waals surface area contributed by atoms with Crippen LogP contribution in [0.15, 0.2) is 12.2 Å². The second kappa shape index (κ2) is 8.24. The van der Waals surface area contributed by atoms with Crippen LogP contribution in [0.2, 0.25) is 0 Å². The van der Waals surface area contributed by atoms with Gasteiger partial charge in [-0.3, -0.25) is 9.59 Å². The lowest BCUT2D eigenvalue weighted by atomic mass is 10.3. The van der Waals surface area contributed by atoms with Crippen molar-refractivity contribution < 1.29 is 24.2 Å². The van der Waals surface area contributed by atoms with Crippen LogP contribution in [0, 0.1) is 0 Å². The third-order valence-corrected chi connectivity index (χ3v) is 2.07. The molecule has 0 spiro atoms. The van der Waals surface area contributed by atoms with Crippen LogP contribution in [0.3, 0.4) is 0 Å². The summed E-state index contributed by atoms with van der Waals surface area (Å²) in [6.45, 7) is 0.380. The van der Waals surface area contributed by atoms with Crippen molar-refractivity contribution in [3.63, 3.8) is 0 Å². The van der Waals surface area contributed by atoms with Gasteiger partial charge >= 0.3 is 5.97 Å². The number of methoxy groups -OCH3 is 1. The van der Waals surface area contributed by atoms with E-state index in [-0.39, 0.29) is 25.6 Å². The molecule has 0 aliphatic heterocycles. The van der Waals surface area contributed by atoms with Gasteiger partial charge < -0.3 is 19.6 Å². The Bertz CT molecular complexity index is 338. The van der Waals surface area contributed by atoms with Gasteiger partial charge in [-0.15, -0.1) is 0 Å². The van der Waals surface area contributed by atoms with E-state index in [2.05, 4.69) is 0 Å². The molecule has 0 heterocycles. The number of carboxylic acid groups (broad SMARTS) is 1. The molecule has 0 saturated carbocycles. The Morgan fingerprint density at radius 1 is 1.22 bits per heavy atom. The van der Waals surface area contributed by atoms with Gasteiger partial charge in [-0.25, -0.2) is 4.79 Å². The van der Waals surface area contributed by atoms with Crippen molar-refractivity contribution in [2.24, 2.45) is 0 Å². The van der Waals surface area contributed by atoms with Crippen molar-refractivity contribution in [3.8, 4) is 0 Å². The molecule has 0 saturated heterocycles. The molecule has 0 fully saturated rings. The van der Waals surface area contributed by atoms with Gasteiger partial charge in [-0.2, -0.15) is 0 Å². The lowest BCUT2D eigenvalue weighted by molar-refractivity contribution is -0.137. The van der Waals surface area contributed by atoms with Crippen molar-refractivity contribution in [2.75, 3.05) is 40.9 Å². The second-order valence-electron chi connectivity index (χ2n) is 3.71. The van der Waals surface area contributed by atoms with Crippen molar-refractivity contribution in [2.45, 2.75) is 0 Å². The molecule has 0 bridgehead atoms. The van der Waals surface area contributed by atoms with E-state index >= 15 is 0 Å². The fourth-order valence-corrected chi connectivity index (χ4v) is 1.02. The molecule has 1 N–H and O–H groups in total. The van der Waals surface area contributed by atoms with Crippen molar-refractivity contribution >= 4 is 17.8 Å². The Balaban J connectivity index is 4.61. The smallest absolute Gasteiger partial charge is 0.328 e. The molecule has 7 heteroatoms. The second-order valence-corrected chi connectivity index (χ2v) is 3.71. The highest BCUT2D eigenvalue weighted by Gasteiger charge is 2.16. The van der Waals surface area contributed by atoms with Gasteiger partial charge in [0.05, 0.1) is 6.61 Å². The number of carbonyl (C=O) groups is 3. The summed E-state index contributed by atoms with van der Waals surface area (Å²) in [5.74, 6) is -2.00. The summed E-state index contributed by atoms with van der Waals surface area (Å²) in [6.07, 6.45) is 1.66. The predicted molar refractivity (Wildman–Crippen MR) is 63.9 cm³/mol. The van der Waals surface area contributed by atoms with E-state index in [1.165, 1.54) is 16.9 Å². The minimum atomic E-state index is -1.21. The maximum absolute atomic E-state index is 11.7. The summed E-state index contributed by atoms with van der Waals surface area (Å²) in [4.78, 5) is 36.1. The zero-order valence-corrected chi connectivity index (χ0v) is 10.8. The Kier molecular flexibility index (Phi) is 7.37. The van der Waals surface area contributed by atoms with E-state index in [0.717, 1.165) is 12.2 Å². The SMILES string of the molecule is COCCN(CC(=O)N(C)C)C(=O)/C=C/C(=O)O. The van der Waals surface area contributed by atoms with Gasteiger partial charge in [0.25, 0.3) is 0 Å². The average Bonchev–Trinajstić information content (AvgIpc) is 2.30. The Labute approximate surface area is 106 Å².